The third-order valence-corrected chi connectivity index (χ3v) is 7.07. The summed E-state index contributed by atoms with van der Waals surface area (Å²) in [5.74, 6) is 0.391. The van der Waals surface area contributed by atoms with Crippen molar-refractivity contribution < 1.29 is 13.6 Å². The molecule has 2 heterocycles. The summed E-state index contributed by atoms with van der Waals surface area (Å²) in [6.45, 7) is 0. The van der Waals surface area contributed by atoms with Crippen molar-refractivity contribution in [1.29, 1.82) is 0 Å². The second-order valence-electron chi connectivity index (χ2n) is 8.85. The van der Waals surface area contributed by atoms with E-state index in [9.17, 15) is 9.18 Å². The predicted molar refractivity (Wildman–Crippen MR) is 152 cm³/mol. The van der Waals surface area contributed by atoms with Gasteiger partial charge in [-0.15, -0.1) is 10.2 Å². The molecule has 6 rings (SSSR count). The molecule has 0 spiro atoms. The average Bonchev–Trinajstić information content (AvgIpc) is 3.60. The number of carbonyl (C=O) groups excluding carboxylic acids is 1. The fourth-order valence-corrected chi connectivity index (χ4v) is 5.14. The van der Waals surface area contributed by atoms with Crippen LogP contribution in [-0.4, -0.2) is 26.9 Å². The molecule has 196 valence electrons. The van der Waals surface area contributed by atoms with Gasteiger partial charge in [-0.2, -0.15) is 5.10 Å². The lowest BCUT2D eigenvalue weighted by molar-refractivity contribution is 0.0955. The highest BCUT2D eigenvalue weighted by atomic mass is 32.2. The highest BCUT2D eigenvalue weighted by Gasteiger charge is 2.18. The van der Waals surface area contributed by atoms with Crippen LogP contribution in [0.2, 0.25) is 0 Å². The van der Waals surface area contributed by atoms with E-state index < -0.39 is 11.7 Å². The lowest BCUT2D eigenvalue weighted by Gasteiger charge is -2.11. The van der Waals surface area contributed by atoms with Crippen molar-refractivity contribution in [3.8, 4) is 5.69 Å². The first-order valence-electron chi connectivity index (χ1n) is 12.5. The molecule has 6 aromatic rings. The Bertz CT molecular complexity index is 1810. The van der Waals surface area contributed by atoms with Gasteiger partial charge in [0, 0.05) is 17.7 Å². The van der Waals surface area contributed by atoms with E-state index in [1.165, 1.54) is 58.6 Å². The van der Waals surface area contributed by atoms with E-state index in [-0.39, 0.29) is 0 Å². The molecule has 0 fully saturated rings. The lowest BCUT2D eigenvalue weighted by atomic mass is 10.0. The molecule has 0 saturated heterocycles. The summed E-state index contributed by atoms with van der Waals surface area (Å²) in [7, 11) is 0. The Morgan fingerprint density at radius 3 is 2.52 bits per heavy atom. The maximum atomic E-state index is 13.1. The second-order valence-corrected chi connectivity index (χ2v) is 9.82. The molecule has 9 heteroatoms. The van der Waals surface area contributed by atoms with E-state index in [4.69, 9.17) is 4.42 Å². The molecule has 7 nitrogen and oxygen atoms in total. The van der Waals surface area contributed by atoms with Crippen molar-refractivity contribution in [2.24, 2.45) is 5.10 Å². The first-order chi connectivity index (χ1) is 19.6. The summed E-state index contributed by atoms with van der Waals surface area (Å²) >= 11 is 1.34. The summed E-state index contributed by atoms with van der Waals surface area (Å²) in [5, 5.41) is 16.6. The van der Waals surface area contributed by atoms with Gasteiger partial charge < -0.3 is 4.42 Å². The molecule has 0 atom stereocenters. The summed E-state index contributed by atoms with van der Waals surface area (Å²) in [4.78, 5) is 12.2. The minimum Gasteiger partial charge on any atom is -0.448 e. The van der Waals surface area contributed by atoms with Crippen LogP contribution in [0.3, 0.4) is 0 Å². The first kappa shape index (κ1) is 25.3. The maximum absolute atomic E-state index is 13.1. The Morgan fingerprint density at radius 1 is 0.900 bits per heavy atom. The Hall–Kier alpha value is -5.02. The van der Waals surface area contributed by atoms with Gasteiger partial charge in [-0.1, -0.05) is 60.7 Å². The summed E-state index contributed by atoms with van der Waals surface area (Å²) in [5.41, 5.74) is 4.82. The maximum Gasteiger partial charge on any atom is 0.271 e. The number of furan rings is 1. The molecular weight excluding hydrogens is 525 g/mol. The number of hydrogen-bond donors (Lipinski definition) is 1. The van der Waals surface area contributed by atoms with E-state index in [1.807, 2.05) is 53.1 Å². The molecule has 40 heavy (non-hydrogen) atoms. The van der Waals surface area contributed by atoms with E-state index in [1.54, 1.807) is 6.07 Å². The van der Waals surface area contributed by atoms with Crippen LogP contribution in [0.4, 0.5) is 4.39 Å². The number of fused-ring (bicyclic) bond motifs is 1. The summed E-state index contributed by atoms with van der Waals surface area (Å²) in [6.07, 6.45) is 2.01. The van der Waals surface area contributed by atoms with E-state index in [2.05, 4.69) is 51.1 Å². The number of rotatable bonds is 8. The van der Waals surface area contributed by atoms with E-state index >= 15 is 0 Å². The van der Waals surface area contributed by atoms with Gasteiger partial charge in [-0.05, 0) is 76.6 Å². The van der Waals surface area contributed by atoms with Crippen LogP contribution in [0.15, 0.2) is 129 Å². The average molecular weight is 548 g/mol. The number of aromatic nitrogens is 3. The van der Waals surface area contributed by atoms with E-state index in [0.29, 0.717) is 28.0 Å². The summed E-state index contributed by atoms with van der Waals surface area (Å²) in [6, 6.07) is 33.3. The topological polar surface area (TPSA) is 85.3 Å². The number of carbonyl (C=O) groups is 1. The molecule has 0 aliphatic rings. The molecule has 2 aromatic heterocycles. The van der Waals surface area contributed by atoms with Crippen LogP contribution in [0.1, 0.15) is 27.5 Å². The Morgan fingerprint density at radius 2 is 1.68 bits per heavy atom. The monoisotopic (exact) mass is 547 g/mol. The molecule has 4 aromatic carbocycles. The quantitative estimate of drug-likeness (QED) is 0.170. The lowest BCUT2D eigenvalue weighted by Crippen LogP contribution is -2.17. The zero-order valence-corrected chi connectivity index (χ0v) is 21.9. The molecular formula is C31H22FN5O2S. The van der Waals surface area contributed by atoms with Crippen LogP contribution in [0, 0.1) is 5.82 Å². The van der Waals surface area contributed by atoms with Crippen molar-refractivity contribution in [2.45, 2.75) is 16.7 Å². The minimum atomic E-state index is -0.452. The van der Waals surface area contributed by atoms with Crippen molar-refractivity contribution in [2.75, 3.05) is 0 Å². The molecule has 0 bridgehead atoms. The number of benzene rings is 4. The molecule has 0 saturated carbocycles. The normalized spacial score (nSPS) is 11.3. The number of halogens is 1. The number of amides is 1. The van der Waals surface area contributed by atoms with Crippen LogP contribution < -0.4 is 5.43 Å². The number of para-hydroxylation sites is 1. The van der Waals surface area contributed by atoms with Gasteiger partial charge >= 0.3 is 0 Å². The van der Waals surface area contributed by atoms with Crippen LogP contribution in [-0.2, 0) is 6.42 Å². The standard InChI is InChI=1S/C31H22FN5O2S/c32-24-15-13-22(14-16-24)30(38)35-33-20-26-17-18-29(39-26)40-31-36-34-28(37(31)25-10-2-1-3-11-25)19-23-9-6-8-21-7-4-5-12-27(21)23/h1-18,20H,19H2,(H,35,38)/b33-20-. The molecule has 0 unspecified atom stereocenters. The largest absolute Gasteiger partial charge is 0.448 e. The zero-order chi connectivity index (χ0) is 27.3. The van der Waals surface area contributed by atoms with Gasteiger partial charge in [0.1, 0.15) is 17.4 Å². The minimum absolute atomic E-state index is 0.300. The number of nitrogens with one attached hydrogen (secondary N) is 1. The van der Waals surface area contributed by atoms with Gasteiger partial charge in [-0.3, -0.25) is 9.36 Å². The molecule has 0 aliphatic heterocycles. The SMILES string of the molecule is O=C(N/N=C\c1ccc(Sc2nnc(Cc3cccc4ccccc34)n2-c2ccccc2)o1)c1ccc(F)cc1. The summed E-state index contributed by atoms with van der Waals surface area (Å²) < 4.78 is 21.0. The van der Waals surface area contributed by atoms with Crippen molar-refractivity contribution in [3.63, 3.8) is 0 Å². The van der Waals surface area contributed by atoms with Crippen molar-refractivity contribution >= 4 is 34.7 Å². The van der Waals surface area contributed by atoms with E-state index in [0.717, 1.165) is 11.5 Å². The van der Waals surface area contributed by atoms with Crippen molar-refractivity contribution in [1.82, 2.24) is 20.2 Å². The van der Waals surface area contributed by atoms with Gasteiger partial charge in [-0.25, -0.2) is 9.82 Å². The Kier molecular flexibility index (Phi) is 7.19. The molecule has 0 aliphatic carbocycles. The fraction of sp³-hybridized carbons (Fsp3) is 0.0323. The second kappa shape index (κ2) is 11.4. The first-order valence-corrected chi connectivity index (χ1v) is 13.3. The number of hydrazone groups is 1. The van der Waals surface area contributed by atoms with Crippen LogP contribution in [0.25, 0.3) is 16.5 Å². The highest BCUT2D eigenvalue weighted by molar-refractivity contribution is 7.99. The van der Waals surface area contributed by atoms with Gasteiger partial charge in [0.25, 0.3) is 5.91 Å². The molecule has 1 amide bonds. The third kappa shape index (κ3) is 5.55. The highest BCUT2D eigenvalue weighted by Crippen LogP contribution is 2.31. The van der Waals surface area contributed by atoms with Crippen LogP contribution >= 0.6 is 11.8 Å². The van der Waals surface area contributed by atoms with Gasteiger partial charge in [0.15, 0.2) is 5.09 Å². The smallest absolute Gasteiger partial charge is 0.271 e. The Balaban J connectivity index is 1.22. The fourth-order valence-electron chi connectivity index (χ4n) is 4.30. The van der Waals surface area contributed by atoms with Gasteiger partial charge in [0.2, 0.25) is 5.16 Å². The number of hydrogen-bond acceptors (Lipinski definition) is 6. The molecule has 0 radical (unpaired) electrons. The Labute approximate surface area is 233 Å². The molecule has 1 N–H and O–H groups in total. The third-order valence-electron chi connectivity index (χ3n) is 6.20. The zero-order valence-electron chi connectivity index (χ0n) is 21.1. The van der Waals surface area contributed by atoms with Crippen LogP contribution in [0.5, 0.6) is 0 Å². The van der Waals surface area contributed by atoms with Gasteiger partial charge in [0.05, 0.1) is 6.21 Å². The number of nitrogens with zero attached hydrogens (tertiary/aromatic N) is 4. The predicted octanol–water partition coefficient (Wildman–Crippen LogP) is 6.66. The van der Waals surface area contributed by atoms with Crippen molar-refractivity contribution in [3.05, 3.63) is 138 Å².